The summed E-state index contributed by atoms with van der Waals surface area (Å²) in [6.45, 7) is 8.25. The number of halogens is 1. The first-order valence-corrected chi connectivity index (χ1v) is 8.30. The molecule has 2 heterocycles. The van der Waals surface area contributed by atoms with Gasteiger partial charge in [-0.1, -0.05) is 39.0 Å². The quantitative estimate of drug-likeness (QED) is 0.829. The molecule has 23 heavy (non-hydrogen) atoms. The lowest BCUT2D eigenvalue weighted by molar-refractivity contribution is -0.247. The van der Waals surface area contributed by atoms with Crippen molar-refractivity contribution in [2.24, 2.45) is 5.92 Å². The molecule has 0 radical (unpaired) electrons. The summed E-state index contributed by atoms with van der Waals surface area (Å²) >= 11 is 0. The molecular formula is C18H25FO4. The Bertz CT molecular complexity index is 550. The van der Waals surface area contributed by atoms with Crippen molar-refractivity contribution < 1.29 is 23.3 Å². The molecule has 128 valence electrons. The standard InChI is InChI=1S/C18H25FO4/c1-5-14-15(20-10-12-8-6-7-9-13(12)19)16-17(21-14)23-18(4,22-16)11(2)3/h6-9,11,14-17H,5,10H2,1-4H3/t14-,15+,16-,17-,18?/m1/s1. The van der Waals surface area contributed by atoms with Crippen molar-refractivity contribution >= 4 is 0 Å². The van der Waals surface area contributed by atoms with Crippen molar-refractivity contribution in [3.8, 4) is 0 Å². The lowest BCUT2D eigenvalue weighted by atomic mass is 10.1. The lowest BCUT2D eigenvalue weighted by Gasteiger charge is -2.30. The fourth-order valence-electron chi connectivity index (χ4n) is 3.04. The highest BCUT2D eigenvalue weighted by molar-refractivity contribution is 5.16. The fraction of sp³-hybridized carbons (Fsp3) is 0.667. The maximum absolute atomic E-state index is 13.8. The second kappa shape index (κ2) is 6.48. The first-order valence-electron chi connectivity index (χ1n) is 8.30. The number of hydrogen-bond acceptors (Lipinski definition) is 4. The largest absolute Gasteiger partial charge is 0.368 e. The minimum Gasteiger partial charge on any atom is -0.368 e. The van der Waals surface area contributed by atoms with E-state index in [9.17, 15) is 4.39 Å². The van der Waals surface area contributed by atoms with E-state index >= 15 is 0 Å². The van der Waals surface area contributed by atoms with E-state index < -0.39 is 12.1 Å². The lowest BCUT2D eigenvalue weighted by Crippen LogP contribution is -2.39. The topological polar surface area (TPSA) is 36.9 Å². The van der Waals surface area contributed by atoms with Crippen LogP contribution in [0.5, 0.6) is 0 Å². The van der Waals surface area contributed by atoms with Crippen LogP contribution >= 0.6 is 0 Å². The van der Waals surface area contributed by atoms with Crippen LogP contribution in [0.4, 0.5) is 4.39 Å². The molecule has 0 amide bonds. The Morgan fingerprint density at radius 2 is 2.00 bits per heavy atom. The van der Waals surface area contributed by atoms with Crippen molar-refractivity contribution in [1.82, 2.24) is 0 Å². The van der Waals surface area contributed by atoms with E-state index in [0.717, 1.165) is 6.42 Å². The molecule has 1 aromatic carbocycles. The Labute approximate surface area is 136 Å². The van der Waals surface area contributed by atoms with Crippen molar-refractivity contribution in [2.45, 2.75) is 71.1 Å². The summed E-state index contributed by atoms with van der Waals surface area (Å²) in [5.74, 6) is -0.733. The molecule has 1 aromatic rings. The predicted octanol–water partition coefficient (Wildman–Crippen LogP) is 3.63. The molecule has 0 saturated carbocycles. The summed E-state index contributed by atoms with van der Waals surface area (Å²) in [5.41, 5.74) is 0.538. The van der Waals surface area contributed by atoms with Crippen LogP contribution in [0.1, 0.15) is 39.7 Å². The molecule has 2 aliphatic heterocycles. The van der Waals surface area contributed by atoms with Crippen LogP contribution in [0, 0.1) is 11.7 Å². The first kappa shape index (κ1) is 16.8. The normalized spacial score (nSPS) is 36.6. The second-order valence-corrected chi connectivity index (χ2v) is 6.69. The van der Waals surface area contributed by atoms with Gasteiger partial charge in [0.1, 0.15) is 18.0 Å². The summed E-state index contributed by atoms with van der Waals surface area (Å²) < 4.78 is 37.8. The number of fused-ring (bicyclic) bond motifs is 1. The SMILES string of the molecule is CC[C@H]1O[C@@H]2OC(C)(C(C)C)O[C@@H]2[C@H]1OCc1ccccc1F. The van der Waals surface area contributed by atoms with E-state index in [0.29, 0.717) is 5.56 Å². The van der Waals surface area contributed by atoms with E-state index in [1.165, 1.54) is 6.07 Å². The molecule has 2 aliphatic rings. The number of hydrogen-bond donors (Lipinski definition) is 0. The highest BCUT2D eigenvalue weighted by Gasteiger charge is 2.57. The molecule has 2 saturated heterocycles. The van der Waals surface area contributed by atoms with E-state index in [4.69, 9.17) is 18.9 Å². The Morgan fingerprint density at radius 3 is 2.65 bits per heavy atom. The van der Waals surface area contributed by atoms with Crippen LogP contribution in [0.3, 0.4) is 0 Å². The van der Waals surface area contributed by atoms with Crippen LogP contribution < -0.4 is 0 Å². The average molecular weight is 324 g/mol. The Kier molecular flexibility index (Phi) is 4.74. The van der Waals surface area contributed by atoms with Crippen LogP contribution in [0.2, 0.25) is 0 Å². The third-order valence-electron chi connectivity index (χ3n) is 4.83. The smallest absolute Gasteiger partial charge is 0.190 e. The summed E-state index contributed by atoms with van der Waals surface area (Å²) in [7, 11) is 0. The van der Waals surface area contributed by atoms with E-state index in [-0.39, 0.29) is 36.7 Å². The number of benzene rings is 1. The molecule has 4 nitrogen and oxygen atoms in total. The molecule has 5 atom stereocenters. The van der Waals surface area contributed by atoms with Gasteiger partial charge in [-0.05, 0) is 19.4 Å². The van der Waals surface area contributed by atoms with Crippen LogP contribution in [0.15, 0.2) is 24.3 Å². The third kappa shape index (κ3) is 3.15. The highest BCUT2D eigenvalue weighted by Crippen LogP contribution is 2.42. The van der Waals surface area contributed by atoms with Crippen molar-refractivity contribution in [2.75, 3.05) is 0 Å². The molecule has 1 unspecified atom stereocenters. The molecule has 2 fully saturated rings. The van der Waals surface area contributed by atoms with E-state index in [2.05, 4.69) is 0 Å². The van der Waals surface area contributed by atoms with Crippen molar-refractivity contribution in [1.29, 1.82) is 0 Å². The summed E-state index contributed by atoms with van der Waals surface area (Å²) in [6.07, 6.45) is -0.268. The maximum atomic E-state index is 13.8. The zero-order chi connectivity index (χ0) is 16.6. The van der Waals surface area contributed by atoms with Gasteiger partial charge < -0.3 is 18.9 Å². The molecule has 0 N–H and O–H groups in total. The van der Waals surface area contributed by atoms with Crippen molar-refractivity contribution in [3.05, 3.63) is 35.6 Å². The van der Waals surface area contributed by atoms with Crippen LogP contribution in [-0.4, -0.2) is 30.4 Å². The summed E-state index contributed by atoms with van der Waals surface area (Å²) in [4.78, 5) is 0. The van der Waals surface area contributed by atoms with Crippen LogP contribution in [0.25, 0.3) is 0 Å². The Hall–Kier alpha value is -1.01. The maximum Gasteiger partial charge on any atom is 0.190 e. The minimum atomic E-state index is -0.673. The van der Waals surface area contributed by atoms with Gasteiger partial charge in [-0.15, -0.1) is 0 Å². The van der Waals surface area contributed by atoms with Gasteiger partial charge in [0.25, 0.3) is 0 Å². The number of ether oxygens (including phenoxy) is 4. The van der Waals surface area contributed by atoms with Gasteiger partial charge in [-0.3, -0.25) is 0 Å². The van der Waals surface area contributed by atoms with Gasteiger partial charge in [0.15, 0.2) is 12.1 Å². The third-order valence-corrected chi connectivity index (χ3v) is 4.83. The average Bonchev–Trinajstić information content (AvgIpc) is 3.00. The summed E-state index contributed by atoms with van der Waals surface area (Å²) in [5, 5.41) is 0. The van der Waals surface area contributed by atoms with E-state index in [1.807, 2.05) is 27.7 Å². The molecule has 3 rings (SSSR count). The van der Waals surface area contributed by atoms with E-state index in [1.54, 1.807) is 18.2 Å². The molecule has 0 bridgehead atoms. The molecule has 0 spiro atoms. The first-order chi connectivity index (χ1) is 10.9. The second-order valence-electron chi connectivity index (χ2n) is 6.69. The van der Waals surface area contributed by atoms with Gasteiger partial charge >= 0.3 is 0 Å². The summed E-state index contributed by atoms with van der Waals surface area (Å²) in [6, 6.07) is 6.64. The molecule has 0 aliphatic carbocycles. The van der Waals surface area contributed by atoms with Gasteiger partial charge in [0.05, 0.1) is 12.7 Å². The molecular weight excluding hydrogens is 299 g/mol. The monoisotopic (exact) mass is 324 g/mol. The van der Waals surface area contributed by atoms with Gasteiger partial charge in [-0.25, -0.2) is 4.39 Å². The molecule has 5 heteroatoms. The Balaban J connectivity index is 1.71. The minimum absolute atomic E-state index is 0.103. The Morgan fingerprint density at radius 1 is 1.26 bits per heavy atom. The van der Waals surface area contributed by atoms with Crippen molar-refractivity contribution in [3.63, 3.8) is 0 Å². The highest BCUT2D eigenvalue weighted by atomic mass is 19.1. The van der Waals surface area contributed by atoms with Gasteiger partial charge in [0.2, 0.25) is 0 Å². The van der Waals surface area contributed by atoms with Crippen LogP contribution in [-0.2, 0) is 25.6 Å². The zero-order valence-electron chi connectivity index (χ0n) is 14.1. The zero-order valence-corrected chi connectivity index (χ0v) is 14.1. The van der Waals surface area contributed by atoms with Gasteiger partial charge in [-0.2, -0.15) is 0 Å². The fourth-order valence-corrected chi connectivity index (χ4v) is 3.04. The van der Waals surface area contributed by atoms with Gasteiger partial charge in [0, 0.05) is 11.5 Å². The number of rotatable bonds is 5. The molecule has 0 aromatic heterocycles. The predicted molar refractivity (Wildman–Crippen MR) is 83.1 cm³/mol.